The summed E-state index contributed by atoms with van der Waals surface area (Å²) >= 11 is 0. The van der Waals surface area contributed by atoms with Gasteiger partial charge in [0.2, 0.25) is 6.29 Å². The fraction of sp³-hybridized carbons (Fsp3) is 0.930. The van der Waals surface area contributed by atoms with Gasteiger partial charge in [-0.05, 0) is 110 Å². The smallest absolute Gasteiger partial charge is 0.335 e. The van der Waals surface area contributed by atoms with Gasteiger partial charge in [0, 0.05) is 0 Å². The lowest BCUT2D eigenvalue weighted by atomic mass is 9.33. The first-order valence-electron chi connectivity index (χ1n) is 29.5. The van der Waals surface area contributed by atoms with E-state index < -0.39 is 207 Å². The second-order valence-electron chi connectivity index (χ2n) is 27.9. The zero-order valence-corrected chi connectivity index (χ0v) is 48.3. The molecule has 5 saturated heterocycles. The van der Waals surface area contributed by atoms with Gasteiger partial charge in [-0.2, -0.15) is 0 Å². The quantitative estimate of drug-likeness (QED) is 0.0593. The molecule has 4 saturated carbocycles. The topological polar surface area (TPSA) is 410 Å². The molecule has 10 aliphatic rings. The molecule has 0 aromatic rings. The van der Waals surface area contributed by atoms with Gasteiger partial charge in [0.15, 0.2) is 37.4 Å². The normalized spacial score (nSPS) is 54.2. The Morgan fingerprint density at radius 1 is 0.542 bits per heavy atom. The number of aliphatic carboxylic acids is 1. The highest BCUT2D eigenvalue weighted by atomic mass is 16.8. The maximum absolute atomic E-state index is 15.4. The molecule has 0 spiro atoms. The monoisotopic (exact) mass is 1190 g/mol. The van der Waals surface area contributed by atoms with Crippen molar-refractivity contribution >= 4 is 11.9 Å². The molecule has 0 aromatic carbocycles. The van der Waals surface area contributed by atoms with Crippen LogP contribution in [0.15, 0.2) is 11.6 Å². The molecule has 10 rings (SSSR count). The molecule has 14 N–H and O–H groups in total. The minimum atomic E-state index is -1.96. The summed E-state index contributed by atoms with van der Waals surface area (Å²) in [4.78, 5) is 27.4. The van der Waals surface area contributed by atoms with Gasteiger partial charge < -0.3 is 119 Å². The molecule has 9 fully saturated rings. The van der Waals surface area contributed by atoms with Gasteiger partial charge in [-0.1, -0.05) is 60.1 Å². The molecular weight excluding hydrogens is 1100 g/mol. The molecule has 474 valence electrons. The lowest BCUT2D eigenvalue weighted by Crippen LogP contribution is -2.68. The van der Waals surface area contributed by atoms with Crippen LogP contribution in [0.2, 0.25) is 0 Å². The molecule has 31 atom stereocenters. The molecule has 5 aliphatic heterocycles. The van der Waals surface area contributed by atoms with Crippen molar-refractivity contribution in [1.82, 2.24) is 0 Å². The number of carboxylic acids is 1. The van der Waals surface area contributed by atoms with Crippen molar-refractivity contribution < 1.29 is 128 Å². The molecule has 83 heavy (non-hydrogen) atoms. The molecule has 0 unspecified atom stereocenters. The van der Waals surface area contributed by atoms with E-state index in [1.54, 1.807) is 0 Å². The number of ether oxygens (including phenoxy) is 10. The van der Waals surface area contributed by atoms with E-state index in [1.165, 1.54) is 6.92 Å². The Morgan fingerprint density at radius 2 is 1.12 bits per heavy atom. The number of carboxylic acid groups (broad SMARTS) is 1. The third-order valence-corrected chi connectivity index (χ3v) is 22.3. The SMILES string of the molecule is C[C@@H]1O[C@@H](O[C@H]2[C@H](OC(=O)[C@]34CCC(C)(C)C[C@H]3C3=CC[C@@H]5[C@@]6(C)CC[C@H](O[C@@H]7O[C@H](C(=O)O)[C@@H](O)[C@H](O)[C@H]7O)C(C)(C)[C@@H]6CC[C@@]5(C)[C@]3(C)C[C@H]4O)OC[C@H](O)[C@@H]2O)[C@H](O)[C@H](O)[C@H]1O[C@@H]1OC[C@@H](O)[C@H](O[C@@H]2OC[C@@H](O)[C@H](O)[C@H]2O)[C@H]1O. The van der Waals surface area contributed by atoms with Crippen LogP contribution in [-0.2, 0) is 57.0 Å². The van der Waals surface area contributed by atoms with E-state index in [0.717, 1.165) is 18.4 Å². The number of carbonyl (C=O) groups is 2. The van der Waals surface area contributed by atoms with Crippen LogP contribution in [0.1, 0.15) is 113 Å². The summed E-state index contributed by atoms with van der Waals surface area (Å²) in [5, 5.41) is 152. The van der Waals surface area contributed by atoms with Crippen molar-refractivity contribution in [2.24, 2.45) is 50.2 Å². The highest BCUT2D eigenvalue weighted by molar-refractivity contribution is 5.80. The van der Waals surface area contributed by atoms with Gasteiger partial charge in [0.25, 0.3) is 0 Å². The number of aliphatic hydroxyl groups is 13. The molecule has 0 amide bonds. The largest absolute Gasteiger partial charge is 0.479 e. The van der Waals surface area contributed by atoms with Crippen LogP contribution in [0.3, 0.4) is 0 Å². The number of rotatable bonds is 11. The van der Waals surface area contributed by atoms with E-state index in [-0.39, 0.29) is 35.5 Å². The van der Waals surface area contributed by atoms with Crippen LogP contribution in [0.4, 0.5) is 0 Å². The Morgan fingerprint density at radius 3 is 1.80 bits per heavy atom. The predicted octanol–water partition coefficient (Wildman–Crippen LogP) is -2.20. The van der Waals surface area contributed by atoms with Gasteiger partial charge in [-0.15, -0.1) is 0 Å². The second kappa shape index (κ2) is 23.0. The molecular formula is C57H90O26. The van der Waals surface area contributed by atoms with Crippen LogP contribution < -0.4 is 0 Å². The van der Waals surface area contributed by atoms with Crippen LogP contribution in [0.25, 0.3) is 0 Å². The standard InChI is InChI=1S/C57H90O26/c1-22-41(79-47-40(70)42(27(60)21-75-47)80-46-37(67)32(62)25(58)19-74-46)36(66)39(69)48(77-22)82-44-33(63)26(59)20-76-50(44)83-51(73)57-16-15-52(2,3)17-24(57)23-9-10-29-54(6)13-12-31(78-49-38(68)34(64)35(65)43(81-49)45(71)72)53(4,5)28(54)11-14-55(29,7)56(23,8)18-30(57)61/h9,22,24-44,46-50,58-70H,10-21H2,1-8H3,(H,71,72)/t22-,24-,25+,26-,27+,28-,29+,30+,31-,32-,33-,34-,35-,36-,37+,38+,39+,40+,41-,42-,43-,44+,46-,47-,48-,49+,50-,54-,55+,56+,57+/m0/s1. The van der Waals surface area contributed by atoms with Gasteiger partial charge in [-0.3, -0.25) is 4.79 Å². The van der Waals surface area contributed by atoms with E-state index in [9.17, 15) is 76.3 Å². The summed E-state index contributed by atoms with van der Waals surface area (Å²) in [6, 6.07) is 0. The van der Waals surface area contributed by atoms with Crippen LogP contribution in [0.5, 0.6) is 0 Å². The van der Waals surface area contributed by atoms with Crippen molar-refractivity contribution in [1.29, 1.82) is 0 Å². The first-order chi connectivity index (χ1) is 38.7. The van der Waals surface area contributed by atoms with E-state index in [2.05, 4.69) is 54.5 Å². The molecule has 0 aromatic heterocycles. The molecule has 5 aliphatic carbocycles. The maximum Gasteiger partial charge on any atom is 0.335 e. The highest BCUT2D eigenvalue weighted by Crippen LogP contribution is 2.76. The van der Waals surface area contributed by atoms with Gasteiger partial charge in [0.05, 0.1) is 38.1 Å². The van der Waals surface area contributed by atoms with E-state index in [4.69, 9.17) is 47.4 Å². The van der Waals surface area contributed by atoms with Crippen LogP contribution in [-0.4, -0.2) is 251 Å². The number of hydrogen-bond donors (Lipinski definition) is 14. The lowest BCUT2D eigenvalue weighted by molar-refractivity contribution is -0.375. The first kappa shape index (κ1) is 63.8. The Balaban J connectivity index is 0.844. The predicted molar refractivity (Wildman–Crippen MR) is 278 cm³/mol. The van der Waals surface area contributed by atoms with E-state index in [1.807, 2.05) is 0 Å². The molecule has 0 radical (unpaired) electrons. The number of aliphatic hydroxyl groups excluding tert-OH is 13. The third kappa shape index (κ3) is 10.6. The van der Waals surface area contributed by atoms with E-state index in [0.29, 0.717) is 32.1 Å². The van der Waals surface area contributed by atoms with Gasteiger partial charge in [0.1, 0.15) is 90.9 Å². The fourth-order valence-electron chi connectivity index (χ4n) is 17.2. The Bertz CT molecular complexity index is 2380. The van der Waals surface area contributed by atoms with Gasteiger partial charge >= 0.3 is 11.9 Å². The summed E-state index contributed by atoms with van der Waals surface area (Å²) in [5.41, 5.74) is -2.53. The summed E-state index contributed by atoms with van der Waals surface area (Å²) in [7, 11) is 0. The second-order valence-corrected chi connectivity index (χ2v) is 27.9. The van der Waals surface area contributed by atoms with Crippen molar-refractivity contribution in [3.05, 3.63) is 11.6 Å². The summed E-state index contributed by atoms with van der Waals surface area (Å²) in [6.45, 7) is 15.4. The van der Waals surface area contributed by atoms with Gasteiger partial charge in [-0.25, -0.2) is 4.79 Å². The third-order valence-electron chi connectivity index (χ3n) is 22.3. The highest BCUT2D eigenvalue weighted by Gasteiger charge is 2.72. The average molecular weight is 1190 g/mol. The molecule has 26 heteroatoms. The van der Waals surface area contributed by atoms with Crippen molar-refractivity contribution in [3.8, 4) is 0 Å². The first-order valence-corrected chi connectivity index (χ1v) is 29.5. The summed E-state index contributed by atoms with van der Waals surface area (Å²) in [6.07, 6.45) is -31.1. The Hall–Kier alpha value is -2.20. The van der Waals surface area contributed by atoms with E-state index >= 15 is 4.79 Å². The van der Waals surface area contributed by atoms with Crippen LogP contribution in [0, 0.1) is 50.2 Å². The molecule has 0 bridgehead atoms. The molecule has 26 nitrogen and oxygen atoms in total. The summed E-state index contributed by atoms with van der Waals surface area (Å²) in [5.74, 6) is -2.64. The lowest BCUT2D eigenvalue weighted by Gasteiger charge is -2.71. The zero-order valence-electron chi connectivity index (χ0n) is 48.3. The molecule has 5 heterocycles. The van der Waals surface area contributed by atoms with Crippen molar-refractivity contribution in [3.63, 3.8) is 0 Å². The maximum atomic E-state index is 15.4. The Labute approximate surface area is 481 Å². The average Bonchev–Trinajstić information content (AvgIpc) is 0.895. The number of carbonyl (C=O) groups excluding carboxylic acids is 1. The number of hydrogen-bond acceptors (Lipinski definition) is 25. The zero-order chi connectivity index (χ0) is 60.6. The fourth-order valence-corrected chi connectivity index (χ4v) is 17.2. The summed E-state index contributed by atoms with van der Waals surface area (Å²) < 4.78 is 58.7. The van der Waals surface area contributed by atoms with Crippen molar-refractivity contribution in [2.75, 3.05) is 19.8 Å². The van der Waals surface area contributed by atoms with Crippen molar-refractivity contribution in [2.45, 2.75) is 261 Å². The Kier molecular flexibility index (Phi) is 17.7. The number of fused-ring (bicyclic) bond motifs is 7. The number of esters is 1. The van der Waals surface area contributed by atoms with Crippen LogP contribution >= 0.6 is 0 Å². The minimum absolute atomic E-state index is 0.0683. The minimum Gasteiger partial charge on any atom is -0.479 e. The number of allylic oxidation sites excluding steroid dienone is 2.